The van der Waals surface area contributed by atoms with Crippen LogP contribution < -0.4 is 0 Å². The predicted octanol–water partition coefficient (Wildman–Crippen LogP) is 5.55. The molecule has 1 rings (SSSR count). The van der Waals surface area contributed by atoms with Crippen molar-refractivity contribution in [3.05, 3.63) is 39.9 Å². The van der Waals surface area contributed by atoms with Gasteiger partial charge in [0.05, 0.1) is 4.92 Å². The van der Waals surface area contributed by atoms with E-state index < -0.39 is 0 Å². The van der Waals surface area contributed by atoms with Gasteiger partial charge in [-0.15, -0.1) is 0 Å². The minimum absolute atomic E-state index is 0.212. The lowest BCUT2D eigenvalue weighted by Crippen LogP contribution is -2.20. The first-order chi connectivity index (χ1) is 9.58. The van der Waals surface area contributed by atoms with E-state index in [0.29, 0.717) is 17.8 Å². The lowest BCUT2D eigenvalue weighted by atomic mass is 9.72. The van der Waals surface area contributed by atoms with Crippen molar-refractivity contribution >= 4 is 5.69 Å². The first-order valence-corrected chi connectivity index (χ1v) is 7.83. The van der Waals surface area contributed by atoms with E-state index in [2.05, 4.69) is 33.8 Å². The lowest BCUT2D eigenvalue weighted by Gasteiger charge is -2.32. The fourth-order valence-corrected chi connectivity index (χ4v) is 3.37. The van der Waals surface area contributed by atoms with Gasteiger partial charge in [-0.3, -0.25) is 10.1 Å². The highest BCUT2D eigenvalue weighted by atomic mass is 16.6. The van der Waals surface area contributed by atoms with Crippen molar-refractivity contribution in [3.8, 4) is 0 Å². The number of rotatable bonds is 8. The van der Waals surface area contributed by atoms with Crippen molar-refractivity contribution in [1.82, 2.24) is 0 Å². The maximum Gasteiger partial charge on any atom is 0.269 e. The minimum Gasteiger partial charge on any atom is -0.258 e. The first-order valence-electron chi connectivity index (χ1n) is 7.83. The summed E-state index contributed by atoms with van der Waals surface area (Å²) in [5.41, 5.74) is 1.35. The van der Waals surface area contributed by atoms with Crippen molar-refractivity contribution in [3.63, 3.8) is 0 Å². The number of non-ortho nitro benzene ring substituents is 1. The third-order valence-electron chi connectivity index (χ3n) is 4.58. The van der Waals surface area contributed by atoms with E-state index in [0.717, 1.165) is 31.2 Å². The van der Waals surface area contributed by atoms with Gasteiger partial charge >= 0.3 is 0 Å². The Kier molecular flexibility index (Phi) is 6.69. The molecule has 0 amide bonds. The Hall–Kier alpha value is -1.38. The highest BCUT2D eigenvalue weighted by molar-refractivity contribution is 5.36. The summed E-state index contributed by atoms with van der Waals surface area (Å²) in [4.78, 5) is 10.7. The number of nitro groups is 1. The van der Waals surface area contributed by atoms with Crippen LogP contribution in [0.4, 0.5) is 5.69 Å². The third kappa shape index (κ3) is 3.81. The Bertz CT molecular complexity index is 411. The summed E-state index contributed by atoms with van der Waals surface area (Å²) in [6.45, 7) is 8.89. The van der Waals surface area contributed by atoms with E-state index >= 15 is 0 Å². The van der Waals surface area contributed by atoms with Gasteiger partial charge in [0.2, 0.25) is 0 Å². The second-order valence-electron chi connectivity index (χ2n) is 5.53. The molecule has 0 aromatic heterocycles. The number of hydrogen-bond donors (Lipinski definition) is 0. The molecule has 0 aliphatic heterocycles. The molecule has 0 saturated carbocycles. The average molecular weight is 277 g/mol. The summed E-state index contributed by atoms with van der Waals surface area (Å²) >= 11 is 0. The summed E-state index contributed by atoms with van der Waals surface area (Å²) in [7, 11) is 0. The van der Waals surface area contributed by atoms with Crippen LogP contribution in [0.5, 0.6) is 0 Å². The van der Waals surface area contributed by atoms with Gasteiger partial charge < -0.3 is 0 Å². The van der Waals surface area contributed by atoms with Crippen LogP contribution in [-0.4, -0.2) is 4.92 Å². The lowest BCUT2D eigenvalue weighted by molar-refractivity contribution is -0.384. The van der Waals surface area contributed by atoms with Gasteiger partial charge in [0, 0.05) is 12.1 Å². The average Bonchev–Trinajstić information content (AvgIpc) is 2.48. The molecule has 0 spiro atoms. The maximum atomic E-state index is 11.0. The fraction of sp³-hybridized carbons (Fsp3) is 0.647. The van der Waals surface area contributed by atoms with Gasteiger partial charge in [0.25, 0.3) is 5.69 Å². The molecule has 20 heavy (non-hydrogen) atoms. The van der Waals surface area contributed by atoms with E-state index in [9.17, 15) is 10.1 Å². The highest BCUT2D eigenvalue weighted by Crippen LogP contribution is 2.40. The summed E-state index contributed by atoms with van der Waals surface area (Å²) in [6, 6.07) is 7.25. The molecule has 3 nitrogen and oxygen atoms in total. The molecule has 0 N–H and O–H groups in total. The van der Waals surface area contributed by atoms with Crippen molar-refractivity contribution in [1.29, 1.82) is 0 Å². The van der Waals surface area contributed by atoms with Crippen LogP contribution in [0.1, 0.15) is 64.9 Å². The summed E-state index contributed by atoms with van der Waals surface area (Å²) in [5.74, 6) is 1.63. The largest absolute Gasteiger partial charge is 0.269 e. The summed E-state index contributed by atoms with van der Waals surface area (Å²) in [5, 5.41) is 11.0. The van der Waals surface area contributed by atoms with Crippen molar-refractivity contribution in [2.75, 3.05) is 0 Å². The number of benzene rings is 1. The Balaban J connectivity index is 3.21. The molecule has 1 aromatic carbocycles. The van der Waals surface area contributed by atoms with Crippen molar-refractivity contribution in [2.24, 2.45) is 11.8 Å². The standard InChI is InChI=1S/C17H27NO2/c1-5-13(6-2)17(14(7-3)8-4)15-10-9-11-16(12-15)18(19)20/h9-14,17H,5-8H2,1-4H3. The van der Waals surface area contributed by atoms with Gasteiger partial charge in [-0.25, -0.2) is 0 Å². The molecule has 0 atom stereocenters. The van der Waals surface area contributed by atoms with E-state index in [1.165, 1.54) is 0 Å². The Morgan fingerprint density at radius 2 is 1.50 bits per heavy atom. The van der Waals surface area contributed by atoms with Crippen LogP contribution in [0.25, 0.3) is 0 Å². The van der Waals surface area contributed by atoms with Crippen molar-refractivity contribution in [2.45, 2.75) is 59.3 Å². The molecule has 3 heteroatoms. The highest BCUT2D eigenvalue weighted by Gasteiger charge is 2.28. The van der Waals surface area contributed by atoms with E-state index in [4.69, 9.17) is 0 Å². The monoisotopic (exact) mass is 277 g/mol. The van der Waals surface area contributed by atoms with Gasteiger partial charge in [-0.2, -0.15) is 0 Å². The second kappa shape index (κ2) is 8.03. The van der Waals surface area contributed by atoms with Crippen LogP contribution in [0.3, 0.4) is 0 Å². The Labute approximate surface area is 122 Å². The Morgan fingerprint density at radius 1 is 1.00 bits per heavy atom. The van der Waals surface area contributed by atoms with E-state index in [1.807, 2.05) is 6.07 Å². The zero-order valence-corrected chi connectivity index (χ0v) is 13.1. The van der Waals surface area contributed by atoms with E-state index in [1.54, 1.807) is 12.1 Å². The second-order valence-corrected chi connectivity index (χ2v) is 5.53. The SMILES string of the molecule is CCC(CC)C(c1cccc([N+](=O)[O-])c1)C(CC)CC. The van der Waals surface area contributed by atoms with Crippen LogP contribution in [0, 0.1) is 22.0 Å². The molecule has 0 saturated heterocycles. The Morgan fingerprint density at radius 3 is 1.90 bits per heavy atom. The third-order valence-corrected chi connectivity index (χ3v) is 4.58. The smallest absolute Gasteiger partial charge is 0.258 e. The quantitative estimate of drug-likeness (QED) is 0.461. The van der Waals surface area contributed by atoms with Crippen LogP contribution in [0.2, 0.25) is 0 Å². The summed E-state index contributed by atoms with van der Waals surface area (Å²) in [6.07, 6.45) is 4.50. The van der Waals surface area contributed by atoms with Crippen LogP contribution in [-0.2, 0) is 0 Å². The zero-order chi connectivity index (χ0) is 15.1. The van der Waals surface area contributed by atoms with Crippen LogP contribution in [0.15, 0.2) is 24.3 Å². The molecular weight excluding hydrogens is 250 g/mol. The normalized spacial score (nSPS) is 11.6. The first kappa shape index (κ1) is 16.7. The molecule has 0 unspecified atom stereocenters. The molecule has 0 aliphatic carbocycles. The van der Waals surface area contributed by atoms with Gasteiger partial charge in [-0.05, 0) is 23.3 Å². The molecular formula is C17H27NO2. The molecule has 0 radical (unpaired) electrons. The molecule has 1 aromatic rings. The minimum atomic E-state index is -0.291. The van der Waals surface area contributed by atoms with Gasteiger partial charge in [-0.1, -0.05) is 65.5 Å². The number of nitro benzene ring substituents is 1. The van der Waals surface area contributed by atoms with Crippen molar-refractivity contribution < 1.29 is 4.92 Å². The predicted molar refractivity (Wildman–Crippen MR) is 84.0 cm³/mol. The summed E-state index contributed by atoms with van der Waals surface area (Å²) < 4.78 is 0. The molecule has 0 fully saturated rings. The number of hydrogen-bond acceptors (Lipinski definition) is 2. The molecule has 112 valence electrons. The topological polar surface area (TPSA) is 43.1 Å². The van der Waals surface area contributed by atoms with Gasteiger partial charge in [0.15, 0.2) is 0 Å². The molecule has 0 heterocycles. The van der Waals surface area contributed by atoms with E-state index in [-0.39, 0.29) is 10.6 Å². The fourth-order valence-electron chi connectivity index (χ4n) is 3.37. The van der Waals surface area contributed by atoms with Crippen LogP contribution >= 0.6 is 0 Å². The zero-order valence-electron chi connectivity index (χ0n) is 13.1. The number of nitrogens with zero attached hydrogens (tertiary/aromatic N) is 1. The molecule has 0 aliphatic rings. The molecule has 0 bridgehead atoms. The van der Waals surface area contributed by atoms with Gasteiger partial charge in [0.1, 0.15) is 0 Å². The maximum absolute atomic E-state index is 11.0.